The number of ether oxygens (including phenoxy) is 1. The van der Waals surface area contributed by atoms with Crippen molar-refractivity contribution in [3.8, 4) is 11.8 Å². The maximum absolute atomic E-state index is 12.4. The molecule has 0 unspecified atom stereocenters. The summed E-state index contributed by atoms with van der Waals surface area (Å²) in [4.78, 5) is 25.0. The number of nitrogens with zero attached hydrogens (tertiary/aromatic N) is 1. The molecule has 0 saturated carbocycles. The van der Waals surface area contributed by atoms with E-state index in [1.165, 1.54) is 11.3 Å². The third kappa shape index (κ3) is 5.19. The highest BCUT2D eigenvalue weighted by Crippen LogP contribution is 2.17. The number of carbonyl (C=O) groups is 2. The third-order valence-electron chi connectivity index (χ3n) is 3.83. The predicted octanol–water partition coefficient (Wildman–Crippen LogP) is 3.83. The fraction of sp³-hybridized carbons (Fsp3) is 0.0952. The van der Waals surface area contributed by atoms with Gasteiger partial charge in [-0.15, -0.1) is 11.3 Å². The molecule has 140 valence electrons. The van der Waals surface area contributed by atoms with Crippen LogP contribution in [0.15, 0.2) is 66.0 Å². The van der Waals surface area contributed by atoms with Gasteiger partial charge in [0, 0.05) is 17.8 Å². The highest BCUT2D eigenvalue weighted by molar-refractivity contribution is 7.12. The van der Waals surface area contributed by atoms with Crippen LogP contribution in [0.5, 0.6) is 5.75 Å². The summed E-state index contributed by atoms with van der Waals surface area (Å²) in [6.45, 7) is 0.370. The number of hydrogen-bond donors (Lipinski definition) is 2. The average molecular weight is 391 g/mol. The van der Waals surface area contributed by atoms with E-state index in [0.29, 0.717) is 28.4 Å². The highest BCUT2D eigenvalue weighted by atomic mass is 32.1. The Morgan fingerprint density at radius 3 is 2.39 bits per heavy atom. The Balaban J connectivity index is 1.53. The quantitative estimate of drug-likeness (QED) is 0.640. The average Bonchev–Trinajstić information content (AvgIpc) is 3.27. The molecule has 1 heterocycles. The summed E-state index contributed by atoms with van der Waals surface area (Å²) < 4.78 is 5.17. The van der Waals surface area contributed by atoms with E-state index in [4.69, 9.17) is 10.00 Å². The molecule has 3 rings (SSSR count). The first-order chi connectivity index (χ1) is 13.7. The first-order valence-corrected chi connectivity index (χ1v) is 9.35. The van der Waals surface area contributed by atoms with Crippen molar-refractivity contribution in [1.29, 1.82) is 5.26 Å². The van der Waals surface area contributed by atoms with Gasteiger partial charge in [-0.2, -0.15) is 5.26 Å². The van der Waals surface area contributed by atoms with Crippen LogP contribution in [-0.2, 0) is 6.54 Å². The molecule has 0 bridgehead atoms. The fourth-order valence-electron chi connectivity index (χ4n) is 2.40. The van der Waals surface area contributed by atoms with Crippen molar-refractivity contribution in [3.05, 3.63) is 82.0 Å². The minimum absolute atomic E-state index is 0.0220. The second-order valence-corrected chi connectivity index (χ2v) is 6.73. The van der Waals surface area contributed by atoms with Crippen molar-refractivity contribution >= 4 is 28.8 Å². The van der Waals surface area contributed by atoms with Gasteiger partial charge in [0.15, 0.2) is 6.61 Å². The summed E-state index contributed by atoms with van der Waals surface area (Å²) in [6.07, 6.45) is 0. The number of amides is 2. The van der Waals surface area contributed by atoms with Gasteiger partial charge in [0.05, 0.1) is 4.88 Å². The van der Waals surface area contributed by atoms with E-state index in [0.717, 1.165) is 5.56 Å². The van der Waals surface area contributed by atoms with E-state index in [-0.39, 0.29) is 18.4 Å². The van der Waals surface area contributed by atoms with Crippen molar-refractivity contribution in [2.24, 2.45) is 0 Å². The topological polar surface area (TPSA) is 91.2 Å². The molecule has 0 saturated heterocycles. The van der Waals surface area contributed by atoms with Crippen LogP contribution in [0.4, 0.5) is 5.69 Å². The molecule has 2 amide bonds. The second kappa shape index (κ2) is 9.35. The molecule has 28 heavy (non-hydrogen) atoms. The van der Waals surface area contributed by atoms with Gasteiger partial charge in [-0.25, -0.2) is 0 Å². The second-order valence-electron chi connectivity index (χ2n) is 5.78. The van der Waals surface area contributed by atoms with E-state index < -0.39 is 0 Å². The Morgan fingerprint density at radius 2 is 1.75 bits per heavy atom. The molecular formula is C21H17N3O3S. The number of thiophene rings is 1. The largest absolute Gasteiger partial charge is 0.479 e. The monoisotopic (exact) mass is 391 g/mol. The molecule has 2 aromatic carbocycles. The summed E-state index contributed by atoms with van der Waals surface area (Å²) in [5, 5.41) is 16.0. The molecule has 2 N–H and O–H groups in total. The molecule has 0 atom stereocenters. The van der Waals surface area contributed by atoms with E-state index in [9.17, 15) is 9.59 Å². The van der Waals surface area contributed by atoms with Crippen molar-refractivity contribution in [2.45, 2.75) is 6.54 Å². The first kappa shape index (κ1) is 19.1. The number of nitriles is 1. The van der Waals surface area contributed by atoms with Crippen LogP contribution in [0.3, 0.4) is 0 Å². The van der Waals surface area contributed by atoms with Gasteiger partial charge in [-0.05, 0) is 53.4 Å². The standard InChI is InChI=1S/C21H17N3O3S/c22-11-12-27-18-9-7-17(8-10-18)24-20(25)16-5-3-15(4-6-16)14-23-21(26)19-2-1-13-28-19/h1-10,13H,12,14H2,(H,23,26)(H,24,25). The van der Waals surface area contributed by atoms with Gasteiger partial charge < -0.3 is 15.4 Å². The van der Waals surface area contributed by atoms with Crippen molar-refractivity contribution in [1.82, 2.24) is 5.32 Å². The zero-order valence-corrected chi connectivity index (χ0v) is 15.7. The lowest BCUT2D eigenvalue weighted by Crippen LogP contribution is -2.21. The molecule has 0 radical (unpaired) electrons. The van der Waals surface area contributed by atoms with E-state index in [1.807, 2.05) is 29.6 Å². The van der Waals surface area contributed by atoms with E-state index >= 15 is 0 Å². The Bertz CT molecular complexity index is 975. The van der Waals surface area contributed by atoms with Crippen LogP contribution >= 0.6 is 11.3 Å². The lowest BCUT2D eigenvalue weighted by Gasteiger charge is -2.08. The number of carbonyl (C=O) groups excluding carboxylic acids is 2. The molecule has 0 aliphatic carbocycles. The molecule has 6 nitrogen and oxygen atoms in total. The summed E-state index contributed by atoms with van der Waals surface area (Å²) in [5.41, 5.74) is 2.04. The Morgan fingerprint density at radius 1 is 1.00 bits per heavy atom. The molecule has 0 spiro atoms. The normalized spacial score (nSPS) is 9.96. The van der Waals surface area contributed by atoms with Gasteiger partial charge in [-0.1, -0.05) is 18.2 Å². The number of benzene rings is 2. The van der Waals surface area contributed by atoms with Crippen LogP contribution in [0.1, 0.15) is 25.6 Å². The maximum Gasteiger partial charge on any atom is 0.261 e. The van der Waals surface area contributed by atoms with Gasteiger partial charge in [-0.3, -0.25) is 9.59 Å². The van der Waals surface area contributed by atoms with Crippen LogP contribution in [0.2, 0.25) is 0 Å². The van der Waals surface area contributed by atoms with Crippen molar-refractivity contribution in [3.63, 3.8) is 0 Å². The lowest BCUT2D eigenvalue weighted by atomic mass is 10.1. The van der Waals surface area contributed by atoms with Crippen LogP contribution in [0, 0.1) is 11.3 Å². The SMILES string of the molecule is N#CCOc1ccc(NC(=O)c2ccc(CNC(=O)c3cccs3)cc2)cc1. The first-order valence-electron chi connectivity index (χ1n) is 8.47. The summed E-state index contributed by atoms with van der Waals surface area (Å²) in [5.74, 6) is 0.215. The van der Waals surface area contributed by atoms with E-state index in [1.54, 1.807) is 42.5 Å². The number of rotatable bonds is 7. The fourth-order valence-corrected chi connectivity index (χ4v) is 3.04. The minimum atomic E-state index is -0.236. The van der Waals surface area contributed by atoms with Crippen molar-refractivity contribution in [2.75, 3.05) is 11.9 Å². The zero-order valence-electron chi connectivity index (χ0n) is 14.8. The van der Waals surface area contributed by atoms with E-state index in [2.05, 4.69) is 10.6 Å². The molecular weight excluding hydrogens is 374 g/mol. The van der Waals surface area contributed by atoms with Gasteiger partial charge in [0.1, 0.15) is 11.8 Å². The maximum atomic E-state index is 12.4. The Labute approximate surface area is 166 Å². The highest BCUT2D eigenvalue weighted by Gasteiger charge is 2.08. The smallest absolute Gasteiger partial charge is 0.261 e. The van der Waals surface area contributed by atoms with Gasteiger partial charge in [0.25, 0.3) is 11.8 Å². The third-order valence-corrected chi connectivity index (χ3v) is 4.70. The molecule has 0 aliphatic rings. The number of anilines is 1. The summed E-state index contributed by atoms with van der Waals surface area (Å²) >= 11 is 1.39. The Hall–Kier alpha value is -3.63. The van der Waals surface area contributed by atoms with Gasteiger partial charge >= 0.3 is 0 Å². The zero-order chi connectivity index (χ0) is 19.8. The minimum Gasteiger partial charge on any atom is -0.479 e. The summed E-state index contributed by atoms with van der Waals surface area (Å²) in [6, 6.07) is 19.3. The molecule has 7 heteroatoms. The molecule has 0 aliphatic heterocycles. The lowest BCUT2D eigenvalue weighted by molar-refractivity contribution is 0.0953. The van der Waals surface area contributed by atoms with Crippen LogP contribution in [0.25, 0.3) is 0 Å². The molecule has 3 aromatic rings. The van der Waals surface area contributed by atoms with Gasteiger partial charge in [0.2, 0.25) is 0 Å². The Kier molecular flexibility index (Phi) is 6.39. The van der Waals surface area contributed by atoms with Crippen LogP contribution < -0.4 is 15.4 Å². The number of hydrogen-bond acceptors (Lipinski definition) is 5. The predicted molar refractivity (Wildman–Crippen MR) is 107 cm³/mol. The molecule has 0 fully saturated rings. The summed E-state index contributed by atoms with van der Waals surface area (Å²) in [7, 11) is 0. The number of nitrogens with one attached hydrogen (secondary N) is 2. The molecule has 1 aromatic heterocycles. The van der Waals surface area contributed by atoms with Crippen LogP contribution in [-0.4, -0.2) is 18.4 Å². The van der Waals surface area contributed by atoms with Crippen molar-refractivity contribution < 1.29 is 14.3 Å².